The van der Waals surface area contributed by atoms with E-state index >= 15 is 0 Å². The molecule has 0 spiro atoms. The Morgan fingerprint density at radius 1 is 1.04 bits per heavy atom. The molecule has 1 N–H and O–H groups in total. The minimum absolute atomic E-state index is 0.0609. The summed E-state index contributed by atoms with van der Waals surface area (Å²) in [5.74, 6) is -0.517. The van der Waals surface area contributed by atoms with E-state index in [2.05, 4.69) is 12.2 Å². The molecule has 0 radical (unpaired) electrons. The van der Waals surface area contributed by atoms with Crippen LogP contribution in [0.15, 0.2) is 42.5 Å². The van der Waals surface area contributed by atoms with E-state index in [4.69, 9.17) is 23.2 Å². The second-order valence-electron chi connectivity index (χ2n) is 5.39. The number of amides is 2. The van der Waals surface area contributed by atoms with Gasteiger partial charge in [0.15, 0.2) is 0 Å². The molecular weight excluding hydrogens is 347 g/mol. The molecule has 0 unspecified atom stereocenters. The van der Waals surface area contributed by atoms with Gasteiger partial charge in [-0.15, -0.1) is 0 Å². The molecule has 2 aromatic carbocycles. The van der Waals surface area contributed by atoms with Crippen LogP contribution in [-0.2, 0) is 11.2 Å². The van der Waals surface area contributed by atoms with Crippen molar-refractivity contribution in [1.29, 1.82) is 0 Å². The highest BCUT2D eigenvalue weighted by molar-refractivity contribution is 6.42. The van der Waals surface area contributed by atoms with Gasteiger partial charge in [0, 0.05) is 18.3 Å². The highest BCUT2D eigenvalue weighted by Crippen LogP contribution is 2.24. The van der Waals surface area contributed by atoms with Crippen molar-refractivity contribution in [2.75, 3.05) is 18.9 Å². The number of rotatable bonds is 5. The molecule has 0 atom stereocenters. The average Bonchev–Trinajstić information content (AvgIpc) is 2.57. The third-order valence-corrected chi connectivity index (χ3v) is 4.28. The van der Waals surface area contributed by atoms with E-state index in [0.29, 0.717) is 21.3 Å². The van der Waals surface area contributed by atoms with Gasteiger partial charge >= 0.3 is 0 Å². The van der Waals surface area contributed by atoms with Crippen molar-refractivity contribution in [3.63, 3.8) is 0 Å². The van der Waals surface area contributed by atoms with E-state index in [-0.39, 0.29) is 18.4 Å². The molecule has 24 heavy (non-hydrogen) atoms. The fourth-order valence-electron chi connectivity index (χ4n) is 2.17. The number of nitrogens with zero attached hydrogens (tertiary/aromatic N) is 1. The molecule has 2 rings (SSSR count). The zero-order valence-electron chi connectivity index (χ0n) is 13.5. The van der Waals surface area contributed by atoms with Gasteiger partial charge in [0.2, 0.25) is 5.91 Å². The van der Waals surface area contributed by atoms with Crippen molar-refractivity contribution in [3.05, 3.63) is 63.6 Å². The van der Waals surface area contributed by atoms with Gasteiger partial charge in [-0.05, 0) is 42.3 Å². The van der Waals surface area contributed by atoms with E-state index in [1.54, 1.807) is 37.4 Å². The number of likely N-dealkylation sites (N-methyl/N-ethyl adjacent to an activating group) is 1. The zero-order chi connectivity index (χ0) is 17.7. The lowest BCUT2D eigenvalue weighted by Crippen LogP contribution is -2.34. The van der Waals surface area contributed by atoms with E-state index in [0.717, 1.165) is 12.0 Å². The molecule has 0 aliphatic rings. The molecule has 6 heteroatoms. The van der Waals surface area contributed by atoms with Crippen LogP contribution in [-0.4, -0.2) is 30.3 Å². The molecular formula is C18H18Cl2N2O2. The van der Waals surface area contributed by atoms with Crippen LogP contribution in [0.4, 0.5) is 5.69 Å². The van der Waals surface area contributed by atoms with Crippen LogP contribution in [0, 0.1) is 0 Å². The summed E-state index contributed by atoms with van der Waals surface area (Å²) in [6.07, 6.45) is 0.913. The molecule has 0 bridgehead atoms. The first kappa shape index (κ1) is 18.3. The number of hydrogen-bond donors (Lipinski definition) is 1. The van der Waals surface area contributed by atoms with E-state index in [1.165, 1.54) is 4.90 Å². The first-order chi connectivity index (χ1) is 11.4. The van der Waals surface area contributed by atoms with Gasteiger partial charge in [0.1, 0.15) is 0 Å². The number of benzene rings is 2. The van der Waals surface area contributed by atoms with Gasteiger partial charge < -0.3 is 10.2 Å². The van der Waals surface area contributed by atoms with Crippen LogP contribution in [0.5, 0.6) is 0 Å². The first-order valence-electron chi connectivity index (χ1n) is 7.50. The highest BCUT2D eigenvalue weighted by atomic mass is 35.5. The van der Waals surface area contributed by atoms with Gasteiger partial charge in [-0.2, -0.15) is 0 Å². The first-order valence-corrected chi connectivity index (χ1v) is 8.25. The number of halogens is 2. The Labute approximate surface area is 151 Å². The van der Waals surface area contributed by atoms with Gasteiger partial charge in [0.25, 0.3) is 5.91 Å². The van der Waals surface area contributed by atoms with Crippen LogP contribution in [0.2, 0.25) is 10.0 Å². The third kappa shape index (κ3) is 4.73. The second-order valence-corrected chi connectivity index (χ2v) is 6.20. The molecule has 0 aromatic heterocycles. The minimum atomic E-state index is -0.311. The molecule has 0 saturated carbocycles. The second kappa shape index (κ2) is 8.18. The topological polar surface area (TPSA) is 49.4 Å². The summed E-state index contributed by atoms with van der Waals surface area (Å²) < 4.78 is 0. The lowest BCUT2D eigenvalue weighted by Gasteiger charge is -2.17. The Morgan fingerprint density at radius 2 is 1.71 bits per heavy atom. The number of nitrogens with one attached hydrogen (secondary N) is 1. The van der Waals surface area contributed by atoms with Gasteiger partial charge in [-0.3, -0.25) is 9.59 Å². The number of carbonyl (C=O) groups is 2. The zero-order valence-corrected chi connectivity index (χ0v) is 15.0. The molecule has 0 aliphatic heterocycles. The van der Waals surface area contributed by atoms with E-state index in [1.807, 2.05) is 12.1 Å². The predicted molar refractivity (Wildman–Crippen MR) is 97.9 cm³/mol. The van der Waals surface area contributed by atoms with Crippen molar-refractivity contribution in [3.8, 4) is 0 Å². The quantitative estimate of drug-likeness (QED) is 0.861. The molecule has 2 amide bonds. The molecule has 4 nitrogen and oxygen atoms in total. The van der Waals surface area contributed by atoms with Gasteiger partial charge in [-0.25, -0.2) is 0 Å². The molecule has 0 saturated heterocycles. The summed E-state index contributed by atoms with van der Waals surface area (Å²) in [4.78, 5) is 25.8. The van der Waals surface area contributed by atoms with Crippen molar-refractivity contribution < 1.29 is 9.59 Å². The fraction of sp³-hybridized carbons (Fsp3) is 0.222. The summed E-state index contributed by atoms with van der Waals surface area (Å²) in [6, 6.07) is 12.2. The summed E-state index contributed by atoms with van der Waals surface area (Å²) >= 11 is 11.7. The Hall–Kier alpha value is -2.04. The minimum Gasteiger partial charge on any atom is -0.332 e. The fourth-order valence-corrected chi connectivity index (χ4v) is 2.46. The molecule has 126 valence electrons. The predicted octanol–water partition coefficient (Wildman–Crippen LogP) is 4.27. The maximum Gasteiger partial charge on any atom is 0.254 e. The number of hydrogen-bond acceptors (Lipinski definition) is 2. The molecule has 2 aromatic rings. The monoisotopic (exact) mass is 364 g/mol. The van der Waals surface area contributed by atoms with E-state index < -0.39 is 0 Å². The van der Waals surface area contributed by atoms with E-state index in [9.17, 15) is 9.59 Å². The summed E-state index contributed by atoms with van der Waals surface area (Å²) in [5.41, 5.74) is 2.24. The lowest BCUT2D eigenvalue weighted by atomic mass is 10.1. The van der Waals surface area contributed by atoms with Crippen LogP contribution in [0.25, 0.3) is 0 Å². The SMILES string of the molecule is CCc1ccc(C(=O)N(C)CC(=O)Nc2ccc(Cl)c(Cl)c2)cc1. The maximum atomic E-state index is 12.3. The van der Waals surface area contributed by atoms with Gasteiger partial charge in [-0.1, -0.05) is 42.3 Å². The molecule has 0 aliphatic carbocycles. The van der Waals surface area contributed by atoms with Crippen LogP contribution in [0.1, 0.15) is 22.8 Å². The summed E-state index contributed by atoms with van der Waals surface area (Å²) in [7, 11) is 1.59. The number of anilines is 1. The highest BCUT2D eigenvalue weighted by Gasteiger charge is 2.15. The summed E-state index contributed by atoms with van der Waals surface area (Å²) in [5, 5.41) is 3.46. The molecule has 0 heterocycles. The third-order valence-electron chi connectivity index (χ3n) is 3.54. The Balaban J connectivity index is 1.96. The van der Waals surface area contributed by atoms with Crippen molar-refractivity contribution in [1.82, 2.24) is 4.90 Å². The largest absolute Gasteiger partial charge is 0.332 e. The maximum absolute atomic E-state index is 12.3. The Kier molecular flexibility index (Phi) is 6.23. The van der Waals surface area contributed by atoms with Crippen LogP contribution < -0.4 is 5.32 Å². The Bertz CT molecular complexity index is 745. The number of carbonyl (C=O) groups excluding carboxylic acids is 2. The average molecular weight is 365 g/mol. The van der Waals surface area contributed by atoms with Crippen molar-refractivity contribution in [2.45, 2.75) is 13.3 Å². The normalized spacial score (nSPS) is 10.3. The van der Waals surface area contributed by atoms with Gasteiger partial charge in [0.05, 0.1) is 16.6 Å². The van der Waals surface area contributed by atoms with Crippen LogP contribution in [0.3, 0.4) is 0 Å². The smallest absolute Gasteiger partial charge is 0.254 e. The van der Waals surface area contributed by atoms with Crippen LogP contribution >= 0.6 is 23.2 Å². The lowest BCUT2D eigenvalue weighted by molar-refractivity contribution is -0.116. The summed E-state index contributed by atoms with van der Waals surface area (Å²) in [6.45, 7) is 1.99. The molecule has 0 fully saturated rings. The Morgan fingerprint density at radius 3 is 2.29 bits per heavy atom. The standard InChI is InChI=1S/C18H18Cl2N2O2/c1-3-12-4-6-13(7-5-12)18(24)22(2)11-17(23)21-14-8-9-15(19)16(20)10-14/h4-10H,3,11H2,1-2H3,(H,21,23). The van der Waals surface area contributed by atoms with Crippen molar-refractivity contribution >= 4 is 40.7 Å². The van der Waals surface area contributed by atoms with Crippen molar-refractivity contribution in [2.24, 2.45) is 0 Å². The number of aryl methyl sites for hydroxylation is 1.